The number of hydrogen-bond acceptors (Lipinski definition) is 5. The molecule has 30 heavy (non-hydrogen) atoms. The molecule has 6 heteroatoms. The van der Waals surface area contributed by atoms with E-state index >= 15 is 0 Å². The van der Waals surface area contributed by atoms with Gasteiger partial charge in [0.1, 0.15) is 5.82 Å². The molecule has 0 radical (unpaired) electrons. The normalized spacial score (nSPS) is 11.8. The summed E-state index contributed by atoms with van der Waals surface area (Å²) in [5, 5.41) is 7.92. The first-order valence-corrected chi connectivity index (χ1v) is 9.52. The van der Waals surface area contributed by atoms with E-state index in [1.165, 1.54) is 12.1 Å². The summed E-state index contributed by atoms with van der Waals surface area (Å²) in [5.74, 6) is -0.411. The van der Waals surface area contributed by atoms with Crippen molar-refractivity contribution in [1.82, 2.24) is 10.2 Å². The van der Waals surface area contributed by atoms with Gasteiger partial charge in [0.05, 0.1) is 5.56 Å². The summed E-state index contributed by atoms with van der Waals surface area (Å²) < 4.78 is 24.3. The van der Waals surface area contributed by atoms with Crippen LogP contribution in [0.3, 0.4) is 0 Å². The first-order valence-electron chi connectivity index (χ1n) is 9.52. The van der Waals surface area contributed by atoms with E-state index in [9.17, 15) is 9.18 Å². The van der Waals surface area contributed by atoms with Crippen LogP contribution in [0, 0.1) is 5.82 Å². The quantitative estimate of drug-likeness (QED) is 0.405. The summed E-state index contributed by atoms with van der Waals surface area (Å²) in [6.07, 6.45) is -0.112. The number of carbonyl (C=O) groups is 1. The number of halogens is 1. The molecule has 5 nitrogen and oxygen atoms in total. The molecular weight excluding hydrogens is 383 g/mol. The number of ether oxygens (including phenoxy) is 1. The van der Waals surface area contributed by atoms with Gasteiger partial charge in [0.2, 0.25) is 5.89 Å². The van der Waals surface area contributed by atoms with Crippen molar-refractivity contribution in [3.8, 4) is 11.5 Å². The highest BCUT2D eigenvalue weighted by Crippen LogP contribution is 2.24. The number of rotatable bonds is 6. The van der Waals surface area contributed by atoms with Crippen LogP contribution >= 0.6 is 0 Å². The van der Waals surface area contributed by atoms with E-state index in [2.05, 4.69) is 10.2 Å². The van der Waals surface area contributed by atoms with Gasteiger partial charge >= 0.3 is 5.97 Å². The molecule has 150 valence electrons. The molecule has 0 amide bonds. The molecule has 0 N–H and O–H groups in total. The van der Waals surface area contributed by atoms with Gasteiger partial charge in [-0.15, -0.1) is 10.2 Å². The number of benzene rings is 3. The minimum absolute atomic E-state index is 0.170. The maximum atomic E-state index is 13.1. The number of aromatic nitrogens is 2. The molecule has 0 aliphatic heterocycles. The van der Waals surface area contributed by atoms with Crippen LogP contribution in [0.25, 0.3) is 11.5 Å². The number of nitrogens with zero attached hydrogens (tertiary/aromatic N) is 2. The molecule has 0 fully saturated rings. The van der Waals surface area contributed by atoms with Crippen LogP contribution in [0.5, 0.6) is 0 Å². The Bertz CT molecular complexity index is 1140. The Kier molecular flexibility index (Phi) is 5.66. The van der Waals surface area contributed by atoms with Gasteiger partial charge in [-0.3, -0.25) is 0 Å². The van der Waals surface area contributed by atoms with Crippen LogP contribution in [0.1, 0.15) is 40.4 Å². The molecule has 0 aliphatic rings. The maximum absolute atomic E-state index is 13.1. The summed E-state index contributed by atoms with van der Waals surface area (Å²) in [6, 6.07) is 23.0. The second-order valence-electron chi connectivity index (χ2n) is 6.82. The molecule has 1 atom stereocenters. The standard InChI is InChI=1S/C24H19FN2O3/c1-16(22-26-27-23(30-22)18-11-13-20(25)14-12-18)29-24(28)21-10-6-5-9-19(21)15-17-7-3-2-4-8-17/h2-14,16H,15H2,1H3/t16-/m0/s1. The molecule has 0 spiro atoms. The third kappa shape index (κ3) is 4.43. The Morgan fingerprint density at radius 3 is 2.43 bits per heavy atom. The van der Waals surface area contributed by atoms with Crippen LogP contribution in [-0.2, 0) is 11.2 Å². The molecule has 1 aromatic heterocycles. The number of carbonyl (C=O) groups excluding carboxylic acids is 1. The van der Waals surface area contributed by atoms with Gasteiger partial charge in [0.15, 0.2) is 6.10 Å². The number of hydrogen-bond donors (Lipinski definition) is 0. The highest BCUT2D eigenvalue weighted by Gasteiger charge is 2.21. The largest absolute Gasteiger partial charge is 0.449 e. The molecule has 4 aromatic rings. The van der Waals surface area contributed by atoms with Gasteiger partial charge in [0.25, 0.3) is 5.89 Å². The molecule has 0 aliphatic carbocycles. The maximum Gasteiger partial charge on any atom is 0.339 e. The van der Waals surface area contributed by atoms with E-state index in [4.69, 9.17) is 9.15 Å². The van der Waals surface area contributed by atoms with E-state index in [0.29, 0.717) is 17.5 Å². The highest BCUT2D eigenvalue weighted by molar-refractivity contribution is 5.91. The Morgan fingerprint density at radius 1 is 0.967 bits per heavy atom. The lowest BCUT2D eigenvalue weighted by atomic mass is 10.00. The Hall–Kier alpha value is -3.80. The minimum atomic E-state index is -0.732. The third-order valence-corrected chi connectivity index (χ3v) is 4.64. The summed E-state index contributed by atoms with van der Waals surface area (Å²) in [7, 11) is 0. The topological polar surface area (TPSA) is 65.2 Å². The summed E-state index contributed by atoms with van der Waals surface area (Å²) >= 11 is 0. The molecule has 3 aromatic carbocycles. The van der Waals surface area contributed by atoms with Crippen LogP contribution in [0.2, 0.25) is 0 Å². The van der Waals surface area contributed by atoms with E-state index in [-0.39, 0.29) is 17.6 Å². The lowest BCUT2D eigenvalue weighted by Gasteiger charge is -2.12. The monoisotopic (exact) mass is 402 g/mol. The van der Waals surface area contributed by atoms with Crippen molar-refractivity contribution >= 4 is 5.97 Å². The van der Waals surface area contributed by atoms with E-state index < -0.39 is 12.1 Å². The second kappa shape index (κ2) is 8.69. The summed E-state index contributed by atoms with van der Waals surface area (Å²) in [6.45, 7) is 1.67. The fourth-order valence-corrected chi connectivity index (χ4v) is 3.07. The Balaban J connectivity index is 1.49. The zero-order valence-corrected chi connectivity index (χ0v) is 16.3. The first-order chi connectivity index (χ1) is 14.6. The average molecular weight is 402 g/mol. The van der Waals surface area contributed by atoms with E-state index in [1.807, 2.05) is 42.5 Å². The van der Waals surface area contributed by atoms with Gasteiger partial charge in [-0.05, 0) is 54.8 Å². The Labute approximate surface area is 173 Å². The van der Waals surface area contributed by atoms with Gasteiger partial charge in [-0.2, -0.15) is 0 Å². The average Bonchev–Trinajstić information content (AvgIpc) is 3.26. The van der Waals surface area contributed by atoms with Crippen molar-refractivity contribution in [1.29, 1.82) is 0 Å². The molecule has 0 saturated heterocycles. The third-order valence-electron chi connectivity index (χ3n) is 4.64. The number of esters is 1. The summed E-state index contributed by atoms with van der Waals surface area (Å²) in [5.41, 5.74) is 3.05. The van der Waals surface area contributed by atoms with Crippen molar-refractivity contribution in [3.05, 3.63) is 107 Å². The van der Waals surface area contributed by atoms with Gasteiger partial charge in [-0.1, -0.05) is 48.5 Å². The van der Waals surface area contributed by atoms with Gasteiger partial charge in [0, 0.05) is 5.56 Å². The van der Waals surface area contributed by atoms with Crippen LogP contribution < -0.4 is 0 Å². The fraction of sp³-hybridized carbons (Fsp3) is 0.125. The molecular formula is C24H19FN2O3. The molecule has 0 unspecified atom stereocenters. The van der Waals surface area contributed by atoms with Crippen LogP contribution in [0.15, 0.2) is 83.3 Å². The minimum Gasteiger partial charge on any atom is -0.449 e. The van der Waals surface area contributed by atoms with Crippen molar-refractivity contribution < 1.29 is 18.3 Å². The van der Waals surface area contributed by atoms with Crippen molar-refractivity contribution in [2.24, 2.45) is 0 Å². The molecule has 0 saturated carbocycles. The Morgan fingerprint density at radius 2 is 1.67 bits per heavy atom. The SMILES string of the molecule is C[C@H](OC(=O)c1ccccc1Cc1ccccc1)c1nnc(-c2ccc(F)cc2)o1. The van der Waals surface area contributed by atoms with Crippen LogP contribution in [0.4, 0.5) is 4.39 Å². The smallest absolute Gasteiger partial charge is 0.339 e. The zero-order chi connectivity index (χ0) is 20.9. The van der Waals surface area contributed by atoms with E-state index in [1.54, 1.807) is 31.2 Å². The molecule has 0 bridgehead atoms. The van der Waals surface area contributed by atoms with Gasteiger partial charge in [-0.25, -0.2) is 9.18 Å². The lowest BCUT2D eigenvalue weighted by molar-refractivity contribution is 0.0278. The van der Waals surface area contributed by atoms with Crippen molar-refractivity contribution in [2.45, 2.75) is 19.4 Å². The first kappa shape index (κ1) is 19.5. The van der Waals surface area contributed by atoms with Crippen molar-refractivity contribution in [2.75, 3.05) is 0 Å². The highest BCUT2D eigenvalue weighted by atomic mass is 19.1. The second-order valence-corrected chi connectivity index (χ2v) is 6.82. The summed E-state index contributed by atoms with van der Waals surface area (Å²) in [4.78, 5) is 12.8. The zero-order valence-electron chi connectivity index (χ0n) is 16.3. The molecule has 1 heterocycles. The van der Waals surface area contributed by atoms with Crippen molar-refractivity contribution in [3.63, 3.8) is 0 Å². The predicted molar refractivity (Wildman–Crippen MR) is 109 cm³/mol. The lowest BCUT2D eigenvalue weighted by Crippen LogP contribution is -2.12. The van der Waals surface area contributed by atoms with Crippen LogP contribution in [-0.4, -0.2) is 16.2 Å². The molecule has 4 rings (SSSR count). The predicted octanol–water partition coefficient (Wildman–Crippen LogP) is 5.38. The van der Waals surface area contributed by atoms with E-state index in [0.717, 1.165) is 11.1 Å². The van der Waals surface area contributed by atoms with Gasteiger partial charge < -0.3 is 9.15 Å². The fourth-order valence-electron chi connectivity index (χ4n) is 3.07.